The van der Waals surface area contributed by atoms with Gasteiger partial charge in [0.2, 0.25) is 0 Å². The lowest BCUT2D eigenvalue weighted by Gasteiger charge is -2.27. The molecule has 0 radical (unpaired) electrons. The lowest BCUT2D eigenvalue weighted by atomic mass is 9.81. The molecule has 0 saturated carbocycles. The molecule has 0 spiro atoms. The molecule has 0 heterocycles. The van der Waals surface area contributed by atoms with Gasteiger partial charge in [-0.3, -0.25) is 0 Å². The first kappa shape index (κ1) is 13.0. The second kappa shape index (κ2) is 5.45. The minimum absolute atomic E-state index is 0.190. The number of rotatable bonds is 4. The Morgan fingerprint density at radius 2 is 1.88 bits per heavy atom. The van der Waals surface area contributed by atoms with Crippen LogP contribution in [-0.2, 0) is 18.3 Å². The van der Waals surface area contributed by atoms with E-state index < -0.39 is 0 Å². The smallest absolute Gasteiger partial charge is 0.0387 e. The van der Waals surface area contributed by atoms with E-state index in [1.807, 2.05) is 0 Å². The summed E-state index contributed by atoms with van der Waals surface area (Å²) in [6.45, 7) is 5.58. The summed E-state index contributed by atoms with van der Waals surface area (Å²) in [7, 11) is 0. The van der Waals surface area contributed by atoms with Crippen molar-refractivity contribution in [3.8, 4) is 0 Å². The van der Waals surface area contributed by atoms with Crippen LogP contribution in [0, 0.1) is 0 Å². The molecule has 2 rings (SSSR count). The molecule has 1 nitrogen and oxygen atoms in total. The third kappa shape index (κ3) is 3.05. The molecule has 94 valence electrons. The molecule has 0 atom stereocenters. The summed E-state index contributed by atoms with van der Waals surface area (Å²) in [4.78, 5) is 0. The summed E-state index contributed by atoms with van der Waals surface area (Å²) in [5, 5.41) is 3.33. The number of benzene rings is 1. The minimum atomic E-state index is 0.190. The van der Waals surface area contributed by atoms with E-state index >= 15 is 0 Å². The molecule has 0 unspecified atom stereocenters. The quantitative estimate of drug-likeness (QED) is 0.616. The lowest BCUT2D eigenvalue weighted by molar-refractivity contribution is 0.489. The zero-order valence-electron chi connectivity index (χ0n) is 10.9. The monoisotopic (exact) mass is 249 g/mol. The van der Waals surface area contributed by atoms with Crippen LogP contribution in [0.3, 0.4) is 0 Å². The van der Waals surface area contributed by atoms with Crippen molar-refractivity contribution in [1.82, 2.24) is 5.32 Å². The van der Waals surface area contributed by atoms with E-state index in [-0.39, 0.29) is 5.41 Å². The van der Waals surface area contributed by atoms with Crippen molar-refractivity contribution >= 4 is 12.6 Å². The molecule has 0 bridgehead atoms. The van der Waals surface area contributed by atoms with Gasteiger partial charge in [-0.05, 0) is 42.4 Å². The Labute approximate surface area is 110 Å². The Kier molecular flexibility index (Phi) is 4.16. The maximum atomic E-state index is 4.21. The fourth-order valence-electron chi connectivity index (χ4n) is 2.62. The molecule has 1 aliphatic rings. The van der Waals surface area contributed by atoms with Gasteiger partial charge in [-0.2, -0.15) is 12.6 Å². The number of hydrogen-bond acceptors (Lipinski definition) is 2. The van der Waals surface area contributed by atoms with E-state index in [1.54, 1.807) is 11.1 Å². The van der Waals surface area contributed by atoms with Crippen LogP contribution in [0.25, 0.3) is 0 Å². The van der Waals surface area contributed by atoms with Gasteiger partial charge in [-0.1, -0.05) is 32.0 Å². The molecule has 17 heavy (non-hydrogen) atoms. The molecular weight excluding hydrogens is 226 g/mol. The van der Waals surface area contributed by atoms with E-state index in [2.05, 4.69) is 50.0 Å². The zero-order chi connectivity index (χ0) is 12.3. The second-order valence-corrected chi connectivity index (χ2v) is 5.98. The largest absolute Gasteiger partial charge is 0.307 e. The third-order valence-corrected chi connectivity index (χ3v) is 4.03. The first-order valence-electron chi connectivity index (χ1n) is 6.57. The predicted octanol–water partition coefficient (Wildman–Crippen LogP) is 3.32. The van der Waals surface area contributed by atoms with Gasteiger partial charge in [0.25, 0.3) is 0 Å². The van der Waals surface area contributed by atoms with Crippen molar-refractivity contribution < 1.29 is 0 Å². The highest BCUT2D eigenvalue weighted by atomic mass is 32.1. The van der Waals surface area contributed by atoms with Crippen LogP contribution in [0.4, 0.5) is 0 Å². The predicted molar refractivity (Wildman–Crippen MR) is 78.0 cm³/mol. The molecule has 2 heteroatoms. The van der Waals surface area contributed by atoms with Crippen LogP contribution >= 0.6 is 12.6 Å². The Balaban J connectivity index is 2.20. The van der Waals surface area contributed by atoms with Crippen molar-refractivity contribution in [1.29, 1.82) is 0 Å². The molecule has 1 N–H and O–H groups in total. The highest BCUT2D eigenvalue weighted by molar-refractivity contribution is 7.80. The summed E-state index contributed by atoms with van der Waals surface area (Å²) in [5.41, 5.74) is 4.79. The average molecular weight is 249 g/mol. The normalized spacial score (nSPS) is 15.7. The van der Waals surface area contributed by atoms with Gasteiger partial charge in [0, 0.05) is 17.8 Å². The van der Waals surface area contributed by atoms with Crippen LogP contribution in [-0.4, -0.2) is 12.4 Å². The number of aryl methyl sites for hydroxylation is 2. The Morgan fingerprint density at radius 3 is 2.59 bits per heavy atom. The number of nitrogens with one attached hydrogen (secondary N) is 1. The first-order valence-corrected chi connectivity index (χ1v) is 7.20. The van der Waals surface area contributed by atoms with E-state index in [1.165, 1.54) is 31.2 Å². The molecule has 0 saturated heterocycles. The van der Waals surface area contributed by atoms with Crippen LogP contribution in [0.1, 0.15) is 43.4 Å². The van der Waals surface area contributed by atoms with Crippen molar-refractivity contribution in [2.45, 2.75) is 44.9 Å². The highest BCUT2D eigenvalue weighted by Gasteiger charge is 2.21. The second-order valence-electron chi connectivity index (χ2n) is 5.66. The van der Waals surface area contributed by atoms with Gasteiger partial charge in [0.15, 0.2) is 0 Å². The molecule has 0 amide bonds. The van der Waals surface area contributed by atoms with E-state index in [0.29, 0.717) is 0 Å². The molecule has 0 aromatic heterocycles. The number of thiol groups is 1. The Bertz CT molecular complexity index is 385. The lowest BCUT2D eigenvalue weighted by Crippen LogP contribution is -2.32. The van der Waals surface area contributed by atoms with Crippen LogP contribution in [0.15, 0.2) is 18.2 Å². The summed E-state index contributed by atoms with van der Waals surface area (Å²) < 4.78 is 0. The SMILES string of the molecule is CC(C)(CNCS)c1ccc2c(c1)CCCC2. The van der Waals surface area contributed by atoms with Crippen LogP contribution in [0.5, 0.6) is 0 Å². The highest BCUT2D eigenvalue weighted by Crippen LogP contribution is 2.28. The van der Waals surface area contributed by atoms with Gasteiger partial charge in [-0.25, -0.2) is 0 Å². The Morgan fingerprint density at radius 1 is 1.18 bits per heavy atom. The summed E-state index contributed by atoms with van der Waals surface area (Å²) >= 11 is 4.21. The summed E-state index contributed by atoms with van der Waals surface area (Å²) in [6.07, 6.45) is 5.24. The van der Waals surface area contributed by atoms with Crippen molar-refractivity contribution in [3.05, 3.63) is 34.9 Å². The topological polar surface area (TPSA) is 12.0 Å². The standard InChI is InChI=1S/C15H23NS/c1-15(2,10-16-11-17)14-8-7-12-5-3-4-6-13(12)9-14/h7-9,16-17H,3-6,10-11H2,1-2H3. The maximum absolute atomic E-state index is 4.21. The molecule has 0 fully saturated rings. The zero-order valence-corrected chi connectivity index (χ0v) is 11.8. The van der Waals surface area contributed by atoms with Gasteiger partial charge in [0.05, 0.1) is 0 Å². The van der Waals surface area contributed by atoms with E-state index in [4.69, 9.17) is 0 Å². The van der Waals surface area contributed by atoms with Crippen molar-refractivity contribution in [2.75, 3.05) is 12.4 Å². The molecule has 1 aromatic carbocycles. The van der Waals surface area contributed by atoms with Gasteiger partial charge in [0.1, 0.15) is 0 Å². The molecule has 1 aliphatic carbocycles. The van der Waals surface area contributed by atoms with Crippen molar-refractivity contribution in [3.63, 3.8) is 0 Å². The van der Waals surface area contributed by atoms with Gasteiger partial charge >= 0.3 is 0 Å². The molecular formula is C15H23NS. The summed E-state index contributed by atoms with van der Waals surface area (Å²) in [6, 6.07) is 7.07. The number of hydrogen-bond donors (Lipinski definition) is 2. The van der Waals surface area contributed by atoms with Crippen LogP contribution in [0.2, 0.25) is 0 Å². The fourth-order valence-corrected chi connectivity index (χ4v) is 2.74. The summed E-state index contributed by atoms with van der Waals surface area (Å²) in [5.74, 6) is 0.744. The average Bonchev–Trinajstić information content (AvgIpc) is 2.36. The van der Waals surface area contributed by atoms with Crippen LogP contribution < -0.4 is 5.32 Å². The fraction of sp³-hybridized carbons (Fsp3) is 0.600. The molecule has 0 aliphatic heterocycles. The number of fused-ring (bicyclic) bond motifs is 1. The van der Waals surface area contributed by atoms with Gasteiger partial charge < -0.3 is 5.32 Å². The molecule has 1 aromatic rings. The first-order chi connectivity index (χ1) is 8.13. The van der Waals surface area contributed by atoms with Gasteiger partial charge in [-0.15, -0.1) is 0 Å². The minimum Gasteiger partial charge on any atom is -0.307 e. The third-order valence-electron chi connectivity index (χ3n) is 3.81. The van der Waals surface area contributed by atoms with Crippen molar-refractivity contribution in [2.24, 2.45) is 0 Å². The maximum Gasteiger partial charge on any atom is 0.0387 e. The van der Waals surface area contributed by atoms with E-state index in [0.717, 1.165) is 12.4 Å². The van der Waals surface area contributed by atoms with E-state index in [9.17, 15) is 0 Å². The Hall–Kier alpha value is -0.470.